The summed E-state index contributed by atoms with van der Waals surface area (Å²) in [5, 5.41) is 16.8. The van der Waals surface area contributed by atoms with Crippen LogP contribution in [0.4, 0.5) is 0 Å². The van der Waals surface area contributed by atoms with E-state index in [4.69, 9.17) is 27.9 Å². The van der Waals surface area contributed by atoms with Gasteiger partial charge in [0, 0.05) is 39.2 Å². The minimum atomic E-state index is -0.801. The molecule has 2 aromatic carbocycles. The van der Waals surface area contributed by atoms with Crippen molar-refractivity contribution in [2.45, 2.75) is 38.0 Å². The van der Waals surface area contributed by atoms with Gasteiger partial charge in [-0.1, -0.05) is 53.5 Å². The monoisotopic (exact) mass is 493 g/mol. The third-order valence-electron chi connectivity index (χ3n) is 5.45. The number of hydrogen-bond acceptors (Lipinski definition) is 5. The van der Waals surface area contributed by atoms with Crippen molar-refractivity contribution >= 4 is 35.0 Å². The first-order valence-electron chi connectivity index (χ1n) is 10.9. The van der Waals surface area contributed by atoms with Gasteiger partial charge in [-0.3, -0.25) is 9.59 Å². The van der Waals surface area contributed by atoms with Crippen molar-refractivity contribution in [3.05, 3.63) is 64.1 Å². The topological polar surface area (TPSA) is 90.9 Å². The highest BCUT2D eigenvalue weighted by atomic mass is 35.5. The predicted octanol–water partition coefficient (Wildman–Crippen LogP) is 3.19. The van der Waals surface area contributed by atoms with Gasteiger partial charge in [0.15, 0.2) is 0 Å². The number of benzene rings is 2. The van der Waals surface area contributed by atoms with E-state index in [0.717, 1.165) is 25.9 Å². The molecule has 1 heterocycles. The number of nitrogens with one attached hydrogen (secondary N) is 2. The van der Waals surface area contributed by atoms with Crippen molar-refractivity contribution in [1.82, 2.24) is 15.5 Å². The van der Waals surface area contributed by atoms with Gasteiger partial charge in [0.2, 0.25) is 11.8 Å². The first-order chi connectivity index (χ1) is 15.8. The Morgan fingerprint density at radius 3 is 2.45 bits per heavy atom. The van der Waals surface area contributed by atoms with Gasteiger partial charge in [0.05, 0.1) is 16.1 Å². The number of β-amino-alcohol motifs (C(OH)–C–C–N with tert-alkyl or cyclic N) is 1. The van der Waals surface area contributed by atoms with Crippen molar-refractivity contribution in [2.24, 2.45) is 0 Å². The Balaban J connectivity index is 1.42. The zero-order valence-electron chi connectivity index (χ0n) is 18.5. The van der Waals surface area contributed by atoms with Gasteiger partial charge in [0.25, 0.3) is 0 Å². The highest BCUT2D eigenvalue weighted by Crippen LogP contribution is 2.28. The fourth-order valence-corrected chi connectivity index (χ4v) is 4.07. The Morgan fingerprint density at radius 2 is 1.82 bits per heavy atom. The third kappa shape index (κ3) is 7.89. The average molecular weight is 494 g/mol. The molecule has 0 bridgehead atoms. The van der Waals surface area contributed by atoms with E-state index in [1.54, 1.807) is 42.5 Å². The maximum atomic E-state index is 12.7. The van der Waals surface area contributed by atoms with Crippen LogP contribution in [0.3, 0.4) is 0 Å². The van der Waals surface area contributed by atoms with Crippen LogP contribution in [-0.4, -0.2) is 60.2 Å². The van der Waals surface area contributed by atoms with Crippen molar-refractivity contribution in [1.29, 1.82) is 0 Å². The van der Waals surface area contributed by atoms with Gasteiger partial charge in [-0.05, 0) is 30.5 Å². The molecule has 1 saturated heterocycles. The average Bonchev–Trinajstić information content (AvgIpc) is 2.80. The van der Waals surface area contributed by atoms with Gasteiger partial charge in [-0.2, -0.15) is 0 Å². The maximum Gasteiger partial charge on any atom is 0.247 e. The van der Waals surface area contributed by atoms with Gasteiger partial charge in [-0.25, -0.2) is 0 Å². The number of rotatable bonds is 9. The fourth-order valence-electron chi connectivity index (χ4n) is 3.78. The second-order valence-electron chi connectivity index (χ2n) is 8.14. The lowest BCUT2D eigenvalue weighted by molar-refractivity contribution is -0.128. The van der Waals surface area contributed by atoms with E-state index in [1.165, 1.54) is 6.92 Å². The molecule has 9 heteroatoms. The Kier molecular flexibility index (Phi) is 9.38. The molecular weight excluding hydrogens is 465 g/mol. The van der Waals surface area contributed by atoms with Gasteiger partial charge in [-0.15, -0.1) is 0 Å². The van der Waals surface area contributed by atoms with Crippen LogP contribution in [0, 0.1) is 0 Å². The Hall–Kier alpha value is -2.32. The van der Waals surface area contributed by atoms with Crippen LogP contribution in [-0.2, 0) is 9.59 Å². The number of amides is 2. The van der Waals surface area contributed by atoms with E-state index in [9.17, 15) is 14.7 Å². The first kappa shape index (κ1) is 25.3. The molecule has 2 atom stereocenters. The number of carbonyl (C=O) groups excluding carboxylic acids is 2. The minimum Gasteiger partial charge on any atom is -0.490 e. The van der Waals surface area contributed by atoms with Gasteiger partial charge in [0.1, 0.15) is 17.9 Å². The molecule has 2 amide bonds. The summed E-state index contributed by atoms with van der Waals surface area (Å²) < 4.78 is 6.00. The molecule has 1 aliphatic rings. The van der Waals surface area contributed by atoms with Crippen molar-refractivity contribution in [3.63, 3.8) is 0 Å². The standard InChI is InChI=1S/C24H29Cl2N3O4/c1-16(30)28-23(17-5-3-2-4-6-17)24(32)27-14-18(31)15-29-11-9-19(10-12-29)33-20-7-8-21(25)22(26)13-20/h2-8,13,18-19,23,31H,9-12,14-15H2,1H3,(H,27,32)(H,28,30)/t18-,23-/m1/s1. The molecule has 33 heavy (non-hydrogen) atoms. The molecule has 2 aromatic rings. The number of likely N-dealkylation sites (tertiary alicyclic amines) is 1. The summed E-state index contributed by atoms with van der Waals surface area (Å²) in [5.74, 6) is 0.0347. The van der Waals surface area contributed by atoms with Crippen LogP contribution in [0.15, 0.2) is 48.5 Å². The Bertz CT molecular complexity index is 937. The molecule has 0 radical (unpaired) electrons. The molecule has 0 aliphatic carbocycles. The van der Waals surface area contributed by atoms with E-state index < -0.39 is 12.1 Å². The molecule has 7 nitrogen and oxygen atoms in total. The second-order valence-corrected chi connectivity index (χ2v) is 8.95. The summed E-state index contributed by atoms with van der Waals surface area (Å²) >= 11 is 12.0. The van der Waals surface area contributed by atoms with Gasteiger partial charge < -0.3 is 25.4 Å². The summed E-state index contributed by atoms with van der Waals surface area (Å²) in [6.07, 6.45) is 0.977. The van der Waals surface area contributed by atoms with Crippen LogP contribution in [0.25, 0.3) is 0 Å². The SMILES string of the molecule is CC(=O)N[C@@H](C(=O)NC[C@@H](O)CN1CCC(Oc2ccc(Cl)c(Cl)c2)CC1)c1ccccc1. The number of nitrogens with zero attached hydrogens (tertiary/aromatic N) is 1. The van der Waals surface area contributed by atoms with E-state index in [2.05, 4.69) is 15.5 Å². The van der Waals surface area contributed by atoms with Crippen LogP contribution in [0.1, 0.15) is 31.4 Å². The fraction of sp³-hybridized carbons (Fsp3) is 0.417. The van der Waals surface area contributed by atoms with Crippen molar-refractivity contribution in [2.75, 3.05) is 26.2 Å². The van der Waals surface area contributed by atoms with E-state index in [-0.39, 0.29) is 24.5 Å². The number of aliphatic hydroxyl groups is 1. The van der Waals surface area contributed by atoms with Crippen LogP contribution < -0.4 is 15.4 Å². The molecule has 1 fully saturated rings. The van der Waals surface area contributed by atoms with E-state index in [1.807, 2.05) is 6.07 Å². The highest BCUT2D eigenvalue weighted by Gasteiger charge is 2.24. The highest BCUT2D eigenvalue weighted by molar-refractivity contribution is 6.42. The quantitative estimate of drug-likeness (QED) is 0.498. The van der Waals surface area contributed by atoms with Crippen LogP contribution >= 0.6 is 23.2 Å². The summed E-state index contributed by atoms with van der Waals surface area (Å²) in [7, 11) is 0. The minimum absolute atomic E-state index is 0.0691. The second kappa shape index (κ2) is 12.2. The Labute approximate surface area is 204 Å². The van der Waals surface area contributed by atoms with E-state index in [0.29, 0.717) is 27.9 Å². The predicted molar refractivity (Wildman–Crippen MR) is 129 cm³/mol. The third-order valence-corrected chi connectivity index (χ3v) is 6.19. The van der Waals surface area contributed by atoms with Crippen LogP contribution in [0.5, 0.6) is 5.75 Å². The number of carbonyl (C=O) groups is 2. The molecule has 3 rings (SSSR count). The largest absolute Gasteiger partial charge is 0.490 e. The number of piperidine rings is 1. The smallest absolute Gasteiger partial charge is 0.247 e. The lowest BCUT2D eigenvalue weighted by atomic mass is 10.1. The summed E-state index contributed by atoms with van der Waals surface area (Å²) in [6, 6.07) is 13.4. The van der Waals surface area contributed by atoms with Crippen molar-refractivity contribution in [3.8, 4) is 5.75 Å². The number of ether oxygens (including phenoxy) is 1. The van der Waals surface area contributed by atoms with Crippen molar-refractivity contribution < 1.29 is 19.4 Å². The molecule has 1 aliphatic heterocycles. The molecule has 0 spiro atoms. The van der Waals surface area contributed by atoms with Crippen LogP contribution in [0.2, 0.25) is 10.0 Å². The normalized spacial score (nSPS) is 16.6. The maximum absolute atomic E-state index is 12.7. The first-order valence-corrected chi connectivity index (χ1v) is 11.7. The van der Waals surface area contributed by atoms with Gasteiger partial charge >= 0.3 is 0 Å². The molecule has 3 N–H and O–H groups in total. The molecular formula is C24H29Cl2N3O4. The molecule has 178 valence electrons. The zero-order chi connectivity index (χ0) is 23.8. The molecule has 0 unspecified atom stereocenters. The summed E-state index contributed by atoms with van der Waals surface area (Å²) in [5.41, 5.74) is 0.684. The Morgan fingerprint density at radius 1 is 1.12 bits per heavy atom. The lowest BCUT2D eigenvalue weighted by Gasteiger charge is -2.33. The number of aliphatic hydroxyl groups excluding tert-OH is 1. The molecule has 0 saturated carbocycles. The number of halogens is 2. The molecule has 0 aromatic heterocycles. The number of hydrogen-bond donors (Lipinski definition) is 3. The zero-order valence-corrected chi connectivity index (χ0v) is 20.0. The summed E-state index contributed by atoms with van der Waals surface area (Å²) in [4.78, 5) is 26.3. The summed E-state index contributed by atoms with van der Waals surface area (Å²) in [6.45, 7) is 3.45. The van der Waals surface area contributed by atoms with E-state index >= 15 is 0 Å². The lowest BCUT2D eigenvalue weighted by Crippen LogP contribution is -2.47.